The van der Waals surface area contributed by atoms with E-state index in [9.17, 15) is 18.5 Å². The van der Waals surface area contributed by atoms with Crippen molar-refractivity contribution in [3.8, 4) is 23.0 Å². The summed E-state index contributed by atoms with van der Waals surface area (Å²) in [6, 6.07) is 11.0. The number of ether oxygens (including phenoxy) is 3. The molecule has 3 N–H and O–H groups in total. The number of phosphoric ester groups is 1. The third-order valence-corrected chi connectivity index (χ3v) is 7.81. The molecular weight excluding hydrogens is 605 g/mol. The number of methoxy groups -OCH3 is 2. The highest BCUT2D eigenvalue weighted by Crippen LogP contribution is 2.55. The number of rotatable bonds is 11. The molecule has 1 aliphatic heterocycles. The fourth-order valence-corrected chi connectivity index (χ4v) is 5.49. The second-order valence-corrected chi connectivity index (χ2v) is 10.7. The summed E-state index contributed by atoms with van der Waals surface area (Å²) >= 11 is 0. The third-order valence-electron chi connectivity index (χ3n) is 6.50. The number of aliphatic hydroxyl groups is 1. The Kier molecular flexibility index (Phi) is 8.09. The van der Waals surface area contributed by atoms with E-state index in [0.29, 0.717) is 16.1 Å². The van der Waals surface area contributed by atoms with E-state index in [1.807, 2.05) is 0 Å². The van der Waals surface area contributed by atoms with E-state index < -0.39 is 44.7 Å². The Morgan fingerprint density at radius 2 is 1.51 bits per heavy atom. The van der Waals surface area contributed by atoms with Gasteiger partial charge in [-0.15, -0.1) is 0 Å². The first-order valence-electron chi connectivity index (χ1n) is 12.3. The number of phosphoric acid groups is 1. The molecule has 13 nitrogen and oxygen atoms in total. The quantitative estimate of drug-likeness (QED) is 0.180. The minimum atomic E-state index is -4.95. The Balaban J connectivity index is 1.47. The molecule has 0 unspecified atom stereocenters. The van der Waals surface area contributed by atoms with Crippen LogP contribution in [0.4, 0.5) is 23.4 Å². The first kappa shape index (κ1) is 30.3. The zero-order valence-electron chi connectivity index (χ0n) is 22.3. The van der Waals surface area contributed by atoms with Crippen molar-refractivity contribution in [1.82, 2.24) is 19.5 Å². The largest absolute Gasteiger partial charge is 0.587 e. The second kappa shape index (κ2) is 11.5. The normalized spacial score (nSPS) is 21.7. The number of hydrogen-bond donors (Lipinski definition) is 2. The number of halogens is 4. The number of anilines is 1. The van der Waals surface area contributed by atoms with Gasteiger partial charge in [-0.3, -0.25) is 9.09 Å². The van der Waals surface area contributed by atoms with Crippen LogP contribution in [0.1, 0.15) is 6.23 Å². The van der Waals surface area contributed by atoms with Gasteiger partial charge in [0.25, 0.3) is 6.43 Å². The smallest absolute Gasteiger partial charge is 0.497 e. The fourth-order valence-electron chi connectivity index (χ4n) is 4.22. The summed E-state index contributed by atoms with van der Waals surface area (Å²) in [4.78, 5) is 11.4. The zero-order valence-corrected chi connectivity index (χ0v) is 23.2. The van der Waals surface area contributed by atoms with Crippen LogP contribution in [0.2, 0.25) is 0 Å². The molecule has 0 spiro atoms. The van der Waals surface area contributed by atoms with E-state index in [1.165, 1.54) is 62.8 Å². The third kappa shape index (κ3) is 5.63. The molecule has 2 aromatic heterocycles. The molecule has 0 radical (unpaired) electrons. The number of hydrogen-bond acceptors (Lipinski definition) is 12. The predicted molar refractivity (Wildman–Crippen MR) is 140 cm³/mol. The molecule has 0 bridgehead atoms. The Morgan fingerprint density at radius 3 is 2.02 bits per heavy atom. The van der Waals surface area contributed by atoms with E-state index in [2.05, 4.69) is 15.0 Å². The van der Waals surface area contributed by atoms with Gasteiger partial charge in [0.15, 0.2) is 23.2 Å². The Morgan fingerprint density at radius 1 is 0.977 bits per heavy atom. The average Bonchev–Trinajstić information content (AvgIpc) is 3.50. The summed E-state index contributed by atoms with van der Waals surface area (Å²) in [5.41, 5.74) is 1.90. The number of aromatic nitrogens is 4. The van der Waals surface area contributed by atoms with E-state index >= 15 is 8.78 Å². The van der Waals surface area contributed by atoms with Crippen LogP contribution >= 0.6 is 7.82 Å². The summed E-state index contributed by atoms with van der Waals surface area (Å²) in [6.45, 7) is -1.56. The Labute approximate surface area is 240 Å². The van der Waals surface area contributed by atoms with Gasteiger partial charge < -0.3 is 34.1 Å². The van der Waals surface area contributed by atoms with E-state index in [1.54, 1.807) is 0 Å². The maximum absolute atomic E-state index is 15.5. The summed E-state index contributed by atoms with van der Waals surface area (Å²) in [7, 11) is -2.13. The zero-order chi connectivity index (χ0) is 31.0. The molecule has 4 aromatic rings. The standard InChI is InChI=1S/C25H24F4N5O8P/c1-37-14-3-7-16(8-4-14)41-43(36,42-17-9-5-15(38-2)6-10-17)39-11-24(22(26)27)21(35)25(28,29)23(40-24)34-13-33-18-19(30)31-12-32-20(18)34/h3-10,12-13,21-23,35H,11H2,1-2H3,(H2,30,31,32)/t21-,23+,24+/m0/s1. The highest BCUT2D eigenvalue weighted by molar-refractivity contribution is 7.49. The van der Waals surface area contributed by atoms with Crippen LogP contribution in [-0.4, -0.2) is 69.5 Å². The van der Waals surface area contributed by atoms with Crippen LogP contribution in [0, 0.1) is 0 Å². The SMILES string of the molecule is COc1ccc(OP(=O)(OC[C@@]2(C(F)F)O[C@@H](n3cnc4c(N)ncnc43)C(F)(F)[C@H]2O)Oc2ccc(OC)cc2)cc1. The summed E-state index contributed by atoms with van der Waals surface area (Å²) in [6.07, 6.45) is -7.73. The molecule has 0 saturated carbocycles. The van der Waals surface area contributed by atoms with Crippen molar-refractivity contribution in [2.75, 3.05) is 26.6 Å². The van der Waals surface area contributed by atoms with Crippen molar-refractivity contribution in [3.63, 3.8) is 0 Å². The summed E-state index contributed by atoms with van der Waals surface area (Å²) < 4.78 is 106. The fraction of sp³-hybridized carbons (Fsp3) is 0.320. The monoisotopic (exact) mass is 629 g/mol. The van der Waals surface area contributed by atoms with Gasteiger partial charge in [0.2, 0.25) is 6.23 Å². The lowest BCUT2D eigenvalue weighted by molar-refractivity contribution is -0.192. The molecule has 1 saturated heterocycles. The average molecular weight is 629 g/mol. The van der Waals surface area contributed by atoms with Crippen LogP contribution in [0.25, 0.3) is 11.2 Å². The number of alkyl halides is 4. The molecule has 0 amide bonds. The Bertz CT molecular complexity index is 1570. The van der Waals surface area contributed by atoms with Gasteiger partial charge >= 0.3 is 13.7 Å². The topological polar surface area (TPSA) is 162 Å². The maximum atomic E-state index is 15.5. The lowest BCUT2D eigenvalue weighted by Crippen LogP contribution is -2.54. The molecule has 1 aliphatic rings. The minimum Gasteiger partial charge on any atom is -0.497 e. The van der Waals surface area contributed by atoms with Crippen LogP contribution in [-0.2, 0) is 13.8 Å². The molecule has 3 atom stereocenters. The number of benzene rings is 2. The van der Waals surface area contributed by atoms with Gasteiger partial charge in [0.1, 0.15) is 34.8 Å². The van der Waals surface area contributed by atoms with Crippen molar-refractivity contribution in [1.29, 1.82) is 0 Å². The van der Waals surface area contributed by atoms with Gasteiger partial charge in [-0.05, 0) is 48.5 Å². The molecule has 0 aliphatic carbocycles. The number of aliphatic hydroxyl groups excluding tert-OH is 1. The van der Waals surface area contributed by atoms with Crippen molar-refractivity contribution in [2.24, 2.45) is 0 Å². The first-order valence-corrected chi connectivity index (χ1v) is 13.8. The van der Waals surface area contributed by atoms with Gasteiger partial charge in [-0.2, -0.15) is 8.78 Å². The van der Waals surface area contributed by atoms with Gasteiger partial charge in [0.05, 0.1) is 27.2 Å². The van der Waals surface area contributed by atoms with E-state index in [4.69, 9.17) is 33.5 Å². The number of imidazole rings is 1. The highest BCUT2D eigenvalue weighted by atomic mass is 31.2. The lowest BCUT2D eigenvalue weighted by Gasteiger charge is -2.31. The molecule has 43 heavy (non-hydrogen) atoms. The van der Waals surface area contributed by atoms with Crippen LogP contribution < -0.4 is 24.3 Å². The van der Waals surface area contributed by atoms with E-state index in [-0.39, 0.29) is 28.5 Å². The summed E-state index contributed by atoms with van der Waals surface area (Å²) in [5.74, 6) is -3.92. The van der Waals surface area contributed by atoms with Crippen molar-refractivity contribution >= 4 is 24.8 Å². The molecule has 1 fully saturated rings. The van der Waals surface area contributed by atoms with Crippen molar-refractivity contribution < 1.29 is 55.0 Å². The molecule has 18 heteroatoms. The second-order valence-electron chi connectivity index (χ2n) is 9.14. The van der Waals surface area contributed by atoms with Crippen LogP contribution in [0.5, 0.6) is 23.0 Å². The van der Waals surface area contributed by atoms with Crippen LogP contribution in [0.15, 0.2) is 61.2 Å². The first-order chi connectivity index (χ1) is 20.4. The lowest BCUT2D eigenvalue weighted by atomic mass is 9.96. The van der Waals surface area contributed by atoms with Crippen molar-refractivity contribution in [2.45, 2.75) is 30.3 Å². The molecule has 3 heterocycles. The van der Waals surface area contributed by atoms with Gasteiger partial charge in [0, 0.05) is 0 Å². The highest BCUT2D eigenvalue weighted by Gasteiger charge is 2.71. The number of nitrogen functional groups attached to an aromatic ring is 1. The molecule has 5 rings (SSSR count). The van der Waals surface area contributed by atoms with Gasteiger partial charge in [-0.1, -0.05) is 0 Å². The molecular formula is C25H24F4N5O8P. The minimum absolute atomic E-state index is 0.104. The van der Waals surface area contributed by atoms with E-state index in [0.717, 1.165) is 12.7 Å². The number of fused-ring (bicyclic) bond motifs is 1. The summed E-state index contributed by atoms with van der Waals surface area (Å²) in [5, 5.41) is 10.6. The predicted octanol–water partition coefficient (Wildman–Crippen LogP) is 4.24. The van der Waals surface area contributed by atoms with Gasteiger partial charge in [-0.25, -0.2) is 28.3 Å². The maximum Gasteiger partial charge on any atom is 0.587 e. The molecule has 2 aromatic carbocycles. The molecule has 230 valence electrons. The number of nitrogens with two attached hydrogens (primary N) is 1. The number of nitrogens with zero attached hydrogens (tertiary/aromatic N) is 4. The Hall–Kier alpha value is -4.18. The van der Waals surface area contributed by atoms with Crippen LogP contribution in [0.3, 0.4) is 0 Å². The van der Waals surface area contributed by atoms with Crippen molar-refractivity contribution in [3.05, 3.63) is 61.2 Å².